The molecule has 0 amide bonds. The summed E-state index contributed by atoms with van der Waals surface area (Å²) in [5.41, 5.74) is -0.822. The van der Waals surface area contributed by atoms with Crippen molar-refractivity contribution < 1.29 is 9.90 Å². The molecule has 1 atom stereocenters. The lowest BCUT2D eigenvalue weighted by atomic mass is 9.94. The van der Waals surface area contributed by atoms with Crippen LogP contribution in [0.25, 0.3) is 0 Å². The number of hydrogen-bond acceptors (Lipinski definition) is 4. The normalized spacial score (nSPS) is 14.9. The van der Waals surface area contributed by atoms with E-state index in [9.17, 15) is 9.90 Å². The van der Waals surface area contributed by atoms with Crippen LogP contribution in [-0.2, 0) is 4.79 Å². The van der Waals surface area contributed by atoms with Crippen molar-refractivity contribution in [3.63, 3.8) is 0 Å². The fourth-order valence-electron chi connectivity index (χ4n) is 2.57. The van der Waals surface area contributed by atoms with Crippen molar-refractivity contribution in [2.45, 2.75) is 58.5 Å². The summed E-state index contributed by atoms with van der Waals surface area (Å²) in [5.74, 6) is -0.758. The molecule has 0 aromatic carbocycles. The first kappa shape index (κ1) is 20.3. The predicted octanol–water partition coefficient (Wildman–Crippen LogP) is 1.88. The van der Waals surface area contributed by atoms with Gasteiger partial charge in [0.1, 0.15) is 5.54 Å². The molecule has 0 aliphatic rings. The molecule has 126 valence electrons. The van der Waals surface area contributed by atoms with E-state index in [-0.39, 0.29) is 6.04 Å². The molecule has 0 rings (SSSR count). The van der Waals surface area contributed by atoms with Crippen LogP contribution < -0.4 is 5.32 Å². The smallest absolute Gasteiger partial charge is 0.323 e. The van der Waals surface area contributed by atoms with Crippen LogP contribution in [0, 0.1) is 0 Å². The maximum atomic E-state index is 11.5. The van der Waals surface area contributed by atoms with Gasteiger partial charge in [0.25, 0.3) is 0 Å². The summed E-state index contributed by atoms with van der Waals surface area (Å²) in [6, 6.07) is 0.175. The Hall–Kier alpha value is -0.650. The molecule has 0 aliphatic heterocycles. The van der Waals surface area contributed by atoms with E-state index in [0.717, 1.165) is 39.0 Å². The average Bonchev–Trinajstić information content (AvgIpc) is 2.35. The standard InChI is InChI=1S/C16H35N3O2/c1-7-19(13-9-11-18(5)6)12-8-10-16(4,15(20)21)17-14(2)3/h14,17H,7-13H2,1-6H3,(H,20,21). The highest BCUT2D eigenvalue weighted by Gasteiger charge is 2.32. The second-order valence-corrected chi connectivity index (χ2v) is 6.63. The van der Waals surface area contributed by atoms with Crippen molar-refractivity contribution >= 4 is 5.97 Å². The maximum absolute atomic E-state index is 11.5. The van der Waals surface area contributed by atoms with Crippen LogP contribution in [0.2, 0.25) is 0 Å². The molecule has 0 aromatic heterocycles. The van der Waals surface area contributed by atoms with Gasteiger partial charge in [-0.3, -0.25) is 10.1 Å². The number of hydrogen-bond donors (Lipinski definition) is 2. The van der Waals surface area contributed by atoms with Gasteiger partial charge in [0.2, 0.25) is 0 Å². The van der Waals surface area contributed by atoms with Gasteiger partial charge in [-0.25, -0.2) is 0 Å². The number of nitrogens with zero attached hydrogens (tertiary/aromatic N) is 2. The van der Waals surface area contributed by atoms with Crippen LogP contribution in [0.4, 0.5) is 0 Å². The fourth-order valence-corrected chi connectivity index (χ4v) is 2.57. The molecule has 1 unspecified atom stereocenters. The van der Waals surface area contributed by atoms with Crippen molar-refractivity contribution in [2.24, 2.45) is 0 Å². The Kier molecular flexibility index (Phi) is 9.83. The van der Waals surface area contributed by atoms with E-state index in [1.165, 1.54) is 0 Å². The summed E-state index contributed by atoms with van der Waals surface area (Å²) in [7, 11) is 4.18. The van der Waals surface area contributed by atoms with E-state index in [2.05, 4.69) is 36.1 Å². The molecule has 5 heteroatoms. The Labute approximate surface area is 130 Å². The third-order valence-electron chi connectivity index (χ3n) is 3.76. The molecule has 0 bridgehead atoms. The van der Waals surface area contributed by atoms with E-state index in [1.54, 1.807) is 6.92 Å². The third-order valence-corrected chi connectivity index (χ3v) is 3.76. The summed E-state index contributed by atoms with van der Waals surface area (Å²) in [5, 5.41) is 12.6. The molecule has 0 aromatic rings. The van der Waals surface area contributed by atoms with Crippen molar-refractivity contribution in [1.29, 1.82) is 0 Å². The van der Waals surface area contributed by atoms with Gasteiger partial charge in [0.15, 0.2) is 0 Å². The molecule has 0 fully saturated rings. The minimum absolute atomic E-state index is 0.175. The Morgan fingerprint density at radius 1 is 1.19 bits per heavy atom. The van der Waals surface area contributed by atoms with Crippen LogP contribution in [0.5, 0.6) is 0 Å². The van der Waals surface area contributed by atoms with Gasteiger partial charge in [-0.2, -0.15) is 0 Å². The molecule has 0 aliphatic carbocycles. The Balaban J connectivity index is 4.19. The van der Waals surface area contributed by atoms with E-state index in [1.807, 2.05) is 13.8 Å². The van der Waals surface area contributed by atoms with Gasteiger partial charge in [0, 0.05) is 6.04 Å². The van der Waals surface area contributed by atoms with Gasteiger partial charge in [-0.15, -0.1) is 0 Å². The number of carboxylic acid groups (broad SMARTS) is 1. The molecule has 21 heavy (non-hydrogen) atoms. The summed E-state index contributed by atoms with van der Waals surface area (Å²) < 4.78 is 0. The second kappa shape index (κ2) is 10.1. The zero-order chi connectivity index (χ0) is 16.5. The van der Waals surface area contributed by atoms with Crippen LogP contribution in [0.3, 0.4) is 0 Å². The molecular formula is C16H35N3O2. The molecule has 2 N–H and O–H groups in total. The first-order chi connectivity index (χ1) is 9.71. The summed E-state index contributed by atoms with van der Waals surface area (Å²) in [6.07, 6.45) is 2.71. The average molecular weight is 301 g/mol. The van der Waals surface area contributed by atoms with Crippen LogP contribution in [-0.4, -0.2) is 72.7 Å². The van der Waals surface area contributed by atoms with Gasteiger partial charge in [-0.05, 0) is 80.3 Å². The maximum Gasteiger partial charge on any atom is 0.323 e. The zero-order valence-corrected chi connectivity index (χ0v) is 14.8. The summed E-state index contributed by atoms with van der Waals surface area (Å²) in [6.45, 7) is 12.1. The monoisotopic (exact) mass is 301 g/mol. The number of aliphatic carboxylic acids is 1. The lowest BCUT2D eigenvalue weighted by Crippen LogP contribution is -2.52. The molecular weight excluding hydrogens is 266 g/mol. The highest BCUT2D eigenvalue weighted by molar-refractivity contribution is 5.78. The molecule has 0 saturated heterocycles. The van der Waals surface area contributed by atoms with Crippen molar-refractivity contribution in [3.8, 4) is 0 Å². The van der Waals surface area contributed by atoms with E-state index in [4.69, 9.17) is 0 Å². The Morgan fingerprint density at radius 2 is 1.76 bits per heavy atom. The van der Waals surface area contributed by atoms with Crippen molar-refractivity contribution in [1.82, 2.24) is 15.1 Å². The predicted molar refractivity (Wildman–Crippen MR) is 88.8 cm³/mol. The molecule has 0 radical (unpaired) electrons. The van der Waals surface area contributed by atoms with Crippen LogP contribution in [0.1, 0.15) is 47.0 Å². The molecule has 0 heterocycles. The molecule has 0 saturated carbocycles. The van der Waals surface area contributed by atoms with Crippen LogP contribution >= 0.6 is 0 Å². The number of carbonyl (C=O) groups is 1. The lowest BCUT2D eigenvalue weighted by molar-refractivity contribution is -0.144. The Bertz CT molecular complexity index is 295. The van der Waals surface area contributed by atoms with E-state index >= 15 is 0 Å². The van der Waals surface area contributed by atoms with E-state index in [0.29, 0.717) is 6.42 Å². The molecule has 5 nitrogen and oxygen atoms in total. The van der Waals surface area contributed by atoms with Gasteiger partial charge in [-0.1, -0.05) is 6.92 Å². The number of carboxylic acids is 1. The minimum atomic E-state index is -0.822. The second-order valence-electron chi connectivity index (χ2n) is 6.63. The first-order valence-corrected chi connectivity index (χ1v) is 8.09. The summed E-state index contributed by atoms with van der Waals surface area (Å²) in [4.78, 5) is 16.1. The first-order valence-electron chi connectivity index (χ1n) is 8.09. The lowest BCUT2D eigenvalue weighted by Gasteiger charge is -2.30. The van der Waals surface area contributed by atoms with Crippen molar-refractivity contribution in [2.75, 3.05) is 40.3 Å². The van der Waals surface area contributed by atoms with E-state index < -0.39 is 11.5 Å². The van der Waals surface area contributed by atoms with Crippen LogP contribution in [0.15, 0.2) is 0 Å². The van der Waals surface area contributed by atoms with Gasteiger partial charge < -0.3 is 14.9 Å². The SMILES string of the molecule is CCN(CCCN(C)C)CCCC(C)(NC(C)C)C(=O)O. The highest BCUT2D eigenvalue weighted by Crippen LogP contribution is 2.14. The number of rotatable bonds is 12. The quantitative estimate of drug-likeness (QED) is 0.576. The number of nitrogens with one attached hydrogen (secondary N) is 1. The molecule has 0 spiro atoms. The summed E-state index contributed by atoms with van der Waals surface area (Å²) >= 11 is 0. The third kappa shape index (κ3) is 9.06. The van der Waals surface area contributed by atoms with Crippen molar-refractivity contribution in [3.05, 3.63) is 0 Å². The highest BCUT2D eigenvalue weighted by atomic mass is 16.4. The van der Waals surface area contributed by atoms with Gasteiger partial charge >= 0.3 is 5.97 Å². The Morgan fingerprint density at radius 3 is 2.19 bits per heavy atom. The topological polar surface area (TPSA) is 55.8 Å². The zero-order valence-electron chi connectivity index (χ0n) is 14.8. The van der Waals surface area contributed by atoms with Gasteiger partial charge in [0.05, 0.1) is 0 Å². The largest absolute Gasteiger partial charge is 0.480 e. The fraction of sp³-hybridized carbons (Fsp3) is 0.938. The minimum Gasteiger partial charge on any atom is -0.480 e.